The molecule has 3 saturated carbocycles. The number of amides is 4. The van der Waals surface area contributed by atoms with Gasteiger partial charge in [0.25, 0.3) is 5.91 Å². The maximum Gasteiger partial charge on any atom is 0.408 e. The number of hydrogen-bond acceptors (Lipinski definition) is 9. The van der Waals surface area contributed by atoms with E-state index in [1.165, 1.54) is 11.0 Å². The summed E-state index contributed by atoms with van der Waals surface area (Å²) in [6, 6.07) is 4.64. The molecule has 2 aliphatic heterocycles. The molecule has 4 amide bonds. The number of pyridine rings is 1. The Morgan fingerprint density at radius 3 is 2.58 bits per heavy atom. The molecule has 1 unspecified atom stereocenters. The summed E-state index contributed by atoms with van der Waals surface area (Å²) in [6.07, 6.45) is 14.3. The van der Waals surface area contributed by atoms with Crippen molar-refractivity contribution in [2.24, 2.45) is 11.8 Å². The summed E-state index contributed by atoms with van der Waals surface area (Å²) < 4.78 is 39.8. The van der Waals surface area contributed by atoms with Crippen molar-refractivity contribution >= 4 is 50.7 Å². The zero-order chi connectivity index (χ0) is 37.1. The van der Waals surface area contributed by atoms with Crippen molar-refractivity contribution < 1.29 is 37.1 Å². The van der Waals surface area contributed by atoms with Gasteiger partial charge in [0.2, 0.25) is 27.7 Å². The van der Waals surface area contributed by atoms with E-state index in [1.54, 1.807) is 6.20 Å². The minimum Gasteiger partial charge on any atom is -0.472 e. The Morgan fingerprint density at radius 1 is 1.02 bits per heavy atom. The number of carbonyl (C=O) groups is 4. The first-order valence-corrected chi connectivity index (χ1v) is 20.6. The summed E-state index contributed by atoms with van der Waals surface area (Å²) in [5.74, 6) is -1.59. The van der Waals surface area contributed by atoms with Crippen molar-refractivity contribution in [3.63, 3.8) is 0 Å². The van der Waals surface area contributed by atoms with E-state index in [2.05, 4.69) is 39.1 Å². The van der Waals surface area contributed by atoms with E-state index < -0.39 is 63.3 Å². The van der Waals surface area contributed by atoms with Crippen LogP contribution in [0.2, 0.25) is 0 Å². The average Bonchev–Trinajstić information content (AvgIpc) is 3.81. The summed E-state index contributed by atoms with van der Waals surface area (Å²) in [4.78, 5) is 61.7. The van der Waals surface area contributed by atoms with E-state index in [1.807, 2.05) is 24.3 Å². The first-order chi connectivity index (χ1) is 25.6. The van der Waals surface area contributed by atoms with Crippen molar-refractivity contribution in [2.45, 2.75) is 119 Å². The molecule has 2 aromatic rings. The Balaban J connectivity index is 1.22. The first-order valence-electron chi connectivity index (χ1n) is 19.1. The van der Waals surface area contributed by atoms with Gasteiger partial charge in [0.05, 0.1) is 11.8 Å². The lowest BCUT2D eigenvalue weighted by atomic mass is 9.83. The number of fused-ring (bicyclic) bond motifs is 4. The van der Waals surface area contributed by atoms with E-state index in [0.29, 0.717) is 18.7 Å². The number of sulfonamides is 1. The molecule has 0 spiro atoms. The number of benzene rings is 1. The Hall–Kier alpha value is -4.46. The fourth-order valence-electron chi connectivity index (χ4n) is 8.36. The molecular weight excluding hydrogens is 699 g/mol. The standard InChI is InChI=1S/C39H49N5O8S/c1-2-8-31(35(45)43-53(49,50)29-17-18-29)41-36(46)32-22-28-23-44(32)38(47)34(27-10-4-3-5-11-27)42-39(48)52-33-14-7-13-26(33)12-6-9-24-15-16-25-19-20-40-37(51-28)30(25)21-24/h2,6,9,15-16,19-21,26-29,31-34H,1,3-5,7-8,10-14,17-18,22-23H2,(H,41,46)(H,42,48)(H,43,45)/b9-6+/t26-,28+,31?,32-,33-,34-/m0/s1. The van der Waals surface area contributed by atoms with Crippen LogP contribution in [0.5, 0.6) is 5.88 Å². The van der Waals surface area contributed by atoms with Gasteiger partial charge in [-0.25, -0.2) is 18.2 Å². The van der Waals surface area contributed by atoms with E-state index in [9.17, 15) is 27.6 Å². The van der Waals surface area contributed by atoms with Gasteiger partial charge in [-0.3, -0.25) is 19.1 Å². The highest BCUT2D eigenvalue weighted by molar-refractivity contribution is 7.90. The molecule has 0 radical (unpaired) electrons. The van der Waals surface area contributed by atoms with E-state index >= 15 is 0 Å². The molecule has 1 saturated heterocycles. The van der Waals surface area contributed by atoms with Crippen LogP contribution in [0.4, 0.5) is 4.79 Å². The second-order valence-electron chi connectivity index (χ2n) is 15.2. The SMILES string of the molecule is C=CCC(NC(=O)[C@@H]1C[C@@H]2CN1C(=O)[C@H](C1CCCCC1)NC(=O)O[C@H]1CCC[C@@H]1C/C=C/c1ccc3ccnc(c3c1)O2)C(=O)NS(=O)(=O)C1CC1. The number of aromatic nitrogens is 1. The maximum atomic E-state index is 14.8. The normalized spacial score (nSPS) is 28.1. The summed E-state index contributed by atoms with van der Waals surface area (Å²) in [7, 11) is -3.87. The number of carbonyl (C=O) groups excluding carboxylic acids is 4. The second kappa shape index (κ2) is 15.9. The van der Waals surface area contributed by atoms with Crippen molar-refractivity contribution in [3.8, 4) is 5.88 Å². The molecule has 6 atom stereocenters. The van der Waals surface area contributed by atoms with Crippen LogP contribution in [0.15, 0.2) is 49.2 Å². The molecule has 4 fully saturated rings. The highest BCUT2D eigenvalue weighted by atomic mass is 32.2. The lowest BCUT2D eigenvalue weighted by molar-refractivity contribution is -0.142. The number of nitrogens with zero attached hydrogens (tertiary/aromatic N) is 2. The molecule has 1 aromatic heterocycles. The maximum absolute atomic E-state index is 14.8. The highest BCUT2D eigenvalue weighted by Gasteiger charge is 2.46. The number of hydrogen-bond donors (Lipinski definition) is 3. The Bertz CT molecular complexity index is 1870. The predicted octanol–water partition coefficient (Wildman–Crippen LogP) is 4.51. The molecule has 5 aliphatic rings. The van der Waals surface area contributed by atoms with Crippen LogP contribution >= 0.6 is 0 Å². The zero-order valence-corrected chi connectivity index (χ0v) is 30.7. The summed E-state index contributed by atoms with van der Waals surface area (Å²) >= 11 is 0. The Labute approximate surface area is 310 Å². The highest BCUT2D eigenvalue weighted by Crippen LogP contribution is 2.35. The molecule has 13 nitrogen and oxygen atoms in total. The van der Waals surface area contributed by atoms with Gasteiger partial charge in [-0.15, -0.1) is 6.58 Å². The molecule has 7 rings (SSSR count). The van der Waals surface area contributed by atoms with E-state index in [4.69, 9.17) is 9.47 Å². The van der Waals surface area contributed by atoms with Crippen LogP contribution < -0.4 is 20.1 Å². The molecule has 4 bridgehead atoms. The van der Waals surface area contributed by atoms with Crippen LogP contribution in [0.1, 0.15) is 89.0 Å². The minimum atomic E-state index is -3.87. The van der Waals surface area contributed by atoms with Gasteiger partial charge in [0, 0.05) is 18.0 Å². The third-order valence-electron chi connectivity index (χ3n) is 11.4. The molecule has 53 heavy (non-hydrogen) atoms. The van der Waals surface area contributed by atoms with E-state index in [-0.39, 0.29) is 37.3 Å². The fraction of sp³-hybridized carbons (Fsp3) is 0.564. The topological polar surface area (TPSA) is 173 Å². The number of nitrogens with one attached hydrogen (secondary N) is 3. The van der Waals surface area contributed by atoms with Gasteiger partial charge in [-0.05, 0) is 92.7 Å². The third-order valence-corrected chi connectivity index (χ3v) is 13.2. The smallest absolute Gasteiger partial charge is 0.408 e. The number of ether oxygens (including phenoxy) is 2. The van der Waals surface area contributed by atoms with Gasteiger partial charge in [0.15, 0.2) is 0 Å². The summed E-state index contributed by atoms with van der Waals surface area (Å²) in [5, 5.41) is 6.72. The predicted molar refractivity (Wildman–Crippen MR) is 198 cm³/mol. The molecule has 14 heteroatoms. The second-order valence-corrected chi connectivity index (χ2v) is 17.1. The molecule has 3 aliphatic carbocycles. The average molecular weight is 748 g/mol. The van der Waals surface area contributed by atoms with Crippen molar-refractivity contribution in [1.29, 1.82) is 0 Å². The van der Waals surface area contributed by atoms with Crippen LogP contribution in [0.25, 0.3) is 16.8 Å². The number of rotatable bonds is 8. The lowest BCUT2D eigenvalue weighted by Gasteiger charge is -2.35. The van der Waals surface area contributed by atoms with Crippen molar-refractivity contribution in [2.75, 3.05) is 6.54 Å². The lowest BCUT2D eigenvalue weighted by Crippen LogP contribution is -2.58. The number of allylic oxidation sites excluding steroid dienone is 1. The molecular formula is C39H49N5O8S. The quantitative estimate of drug-likeness (QED) is 0.329. The Kier molecular flexibility index (Phi) is 11.0. The number of alkyl carbamates (subject to hydrolysis) is 1. The first kappa shape index (κ1) is 36.9. The molecule has 3 heterocycles. The third kappa shape index (κ3) is 8.53. The largest absolute Gasteiger partial charge is 0.472 e. The van der Waals surface area contributed by atoms with Crippen LogP contribution in [0.3, 0.4) is 0 Å². The van der Waals surface area contributed by atoms with Crippen molar-refractivity contribution in [1.82, 2.24) is 25.2 Å². The summed E-state index contributed by atoms with van der Waals surface area (Å²) in [6.45, 7) is 3.71. The zero-order valence-electron chi connectivity index (χ0n) is 29.9. The van der Waals surface area contributed by atoms with Crippen LogP contribution in [0, 0.1) is 11.8 Å². The van der Waals surface area contributed by atoms with Crippen LogP contribution in [-0.2, 0) is 29.1 Å². The molecule has 3 N–H and O–H groups in total. The van der Waals surface area contributed by atoms with Gasteiger partial charge in [-0.1, -0.05) is 49.6 Å². The van der Waals surface area contributed by atoms with Gasteiger partial charge in [0.1, 0.15) is 30.3 Å². The van der Waals surface area contributed by atoms with Gasteiger partial charge < -0.3 is 25.0 Å². The minimum absolute atomic E-state index is 0.0214. The van der Waals surface area contributed by atoms with Crippen molar-refractivity contribution in [3.05, 3.63) is 54.8 Å². The Morgan fingerprint density at radius 2 is 1.81 bits per heavy atom. The van der Waals surface area contributed by atoms with Crippen LogP contribution in [-0.4, -0.2) is 84.2 Å². The van der Waals surface area contributed by atoms with Gasteiger partial charge >= 0.3 is 6.09 Å². The van der Waals surface area contributed by atoms with E-state index in [0.717, 1.165) is 74.1 Å². The molecule has 284 valence electrons. The summed E-state index contributed by atoms with van der Waals surface area (Å²) in [5.41, 5.74) is 0.954. The fourth-order valence-corrected chi connectivity index (χ4v) is 9.71. The van der Waals surface area contributed by atoms with Gasteiger partial charge in [-0.2, -0.15) is 0 Å². The molecule has 1 aromatic carbocycles. The monoisotopic (exact) mass is 747 g/mol.